The van der Waals surface area contributed by atoms with Crippen LogP contribution in [0.5, 0.6) is 0 Å². The molecule has 0 fully saturated rings. The predicted molar refractivity (Wildman–Crippen MR) is 69.9 cm³/mol. The van der Waals surface area contributed by atoms with E-state index >= 15 is 0 Å². The van der Waals surface area contributed by atoms with E-state index in [0.29, 0.717) is 5.69 Å². The van der Waals surface area contributed by atoms with E-state index in [4.69, 9.17) is 4.52 Å². The highest BCUT2D eigenvalue weighted by Crippen LogP contribution is 2.27. The van der Waals surface area contributed by atoms with E-state index in [1.54, 1.807) is 12.1 Å². The molecule has 2 rings (SSSR count). The summed E-state index contributed by atoms with van der Waals surface area (Å²) in [6, 6.07) is 7.09. The van der Waals surface area contributed by atoms with Gasteiger partial charge in [0.05, 0.1) is 11.9 Å². The normalized spacial score (nSPS) is 11.5. The Bertz CT molecular complexity index is 638. The SMILES string of the molecule is Cc1noc(C)c1-c1ccc(NS(C)(=O)=O)cc1. The minimum Gasteiger partial charge on any atom is -0.361 e. The highest BCUT2D eigenvalue weighted by molar-refractivity contribution is 7.92. The zero-order valence-corrected chi connectivity index (χ0v) is 11.2. The lowest BCUT2D eigenvalue weighted by Gasteiger charge is -2.05. The number of nitrogens with zero attached hydrogens (tertiary/aromatic N) is 1. The molecule has 0 unspecified atom stereocenters. The first-order valence-electron chi connectivity index (χ1n) is 5.38. The van der Waals surface area contributed by atoms with E-state index in [9.17, 15) is 8.42 Å². The molecule has 0 spiro atoms. The van der Waals surface area contributed by atoms with Crippen LogP contribution >= 0.6 is 0 Å². The van der Waals surface area contributed by atoms with Gasteiger partial charge in [-0.3, -0.25) is 4.72 Å². The van der Waals surface area contributed by atoms with Crippen molar-refractivity contribution in [1.29, 1.82) is 0 Å². The van der Waals surface area contributed by atoms with Gasteiger partial charge >= 0.3 is 0 Å². The Labute approximate surface area is 106 Å². The molecule has 0 saturated heterocycles. The van der Waals surface area contributed by atoms with Crippen molar-refractivity contribution in [3.63, 3.8) is 0 Å². The summed E-state index contributed by atoms with van der Waals surface area (Å²) in [5, 5.41) is 3.89. The standard InChI is InChI=1S/C12H14N2O3S/c1-8-12(9(2)17-13-8)10-4-6-11(7-5-10)14-18(3,15)16/h4-7,14H,1-3H3. The van der Waals surface area contributed by atoms with Crippen LogP contribution in [0.25, 0.3) is 11.1 Å². The molecule has 2 aromatic rings. The van der Waals surface area contributed by atoms with Crippen molar-refractivity contribution in [3.05, 3.63) is 35.7 Å². The number of hydrogen-bond donors (Lipinski definition) is 1. The summed E-state index contributed by atoms with van der Waals surface area (Å²) in [5.41, 5.74) is 3.25. The van der Waals surface area contributed by atoms with Crippen LogP contribution in [0.2, 0.25) is 0 Å². The van der Waals surface area contributed by atoms with Crippen LogP contribution in [0.4, 0.5) is 5.69 Å². The second kappa shape index (κ2) is 4.45. The number of sulfonamides is 1. The van der Waals surface area contributed by atoms with E-state index in [1.807, 2.05) is 26.0 Å². The van der Waals surface area contributed by atoms with E-state index in [0.717, 1.165) is 28.8 Å². The molecule has 0 aliphatic carbocycles. The summed E-state index contributed by atoms with van der Waals surface area (Å²) in [6.07, 6.45) is 1.12. The van der Waals surface area contributed by atoms with Gasteiger partial charge in [0.15, 0.2) is 0 Å². The number of nitrogens with one attached hydrogen (secondary N) is 1. The van der Waals surface area contributed by atoms with E-state index in [1.165, 1.54) is 0 Å². The highest BCUT2D eigenvalue weighted by Gasteiger charge is 2.11. The van der Waals surface area contributed by atoms with E-state index in [2.05, 4.69) is 9.88 Å². The molecule has 0 amide bonds. The van der Waals surface area contributed by atoms with Crippen LogP contribution in [0.3, 0.4) is 0 Å². The van der Waals surface area contributed by atoms with Gasteiger partial charge in [0, 0.05) is 11.3 Å². The number of aryl methyl sites for hydroxylation is 2. The molecule has 1 heterocycles. The Morgan fingerprint density at radius 1 is 1.17 bits per heavy atom. The Morgan fingerprint density at radius 3 is 2.22 bits per heavy atom. The zero-order valence-electron chi connectivity index (χ0n) is 10.4. The largest absolute Gasteiger partial charge is 0.361 e. The molecule has 0 aliphatic heterocycles. The molecule has 0 radical (unpaired) electrons. The van der Waals surface area contributed by atoms with Crippen molar-refractivity contribution < 1.29 is 12.9 Å². The van der Waals surface area contributed by atoms with Crippen molar-refractivity contribution in [2.24, 2.45) is 0 Å². The predicted octanol–water partition coefficient (Wildman–Crippen LogP) is 2.33. The maximum atomic E-state index is 11.1. The molecule has 0 saturated carbocycles. The molecule has 0 aliphatic rings. The van der Waals surface area contributed by atoms with Gasteiger partial charge in [-0.1, -0.05) is 17.3 Å². The minimum atomic E-state index is -3.24. The number of hydrogen-bond acceptors (Lipinski definition) is 4. The second-order valence-corrected chi connectivity index (χ2v) is 5.90. The summed E-state index contributed by atoms with van der Waals surface area (Å²) < 4.78 is 29.7. The Morgan fingerprint density at radius 2 is 1.78 bits per heavy atom. The van der Waals surface area contributed by atoms with Gasteiger partial charge in [-0.05, 0) is 31.5 Å². The van der Waals surface area contributed by atoms with Crippen LogP contribution in [-0.2, 0) is 10.0 Å². The van der Waals surface area contributed by atoms with Gasteiger partial charge in [-0.25, -0.2) is 8.42 Å². The third kappa shape index (κ3) is 2.70. The Balaban J connectivity index is 2.34. The van der Waals surface area contributed by atoms with E-state index in [-0.39, 0.29) is 0 Å². The third-order valence-electron chi connectivity index (χ3n) is 2.51. The minimum absolute atomic E-state index is 0.535. The van der Waals surface area contributed by atoms with Gasteiger partial charge in [0.1, 0.15) is 5.76 Å². The lowest BCUT2D eigenvalue weighted by Crippen LogP contribution is -2.09. The molecule has 1 N–H and O–H groups in total. The molecule has 5 nitrogen and oxygen atoms in total. The fraction of sp³-hybridized carbons (Fsp3) is 0.250. The van der Waals surface area contributed by atoms with Gasteiger partial charge in [-0.15, -0.1) is 0 Å². The topological polar surface area (TPSA) is 72.2 Å². The maximum Gasteiger partial charge on any atom is 0.229 e. The van der Waals surface area contributed by atoms with Crippen molar-refractivity contribution in [2.75, 3.05) is 11.0 Å². The lowest BCUT2D eigenvalue weighted by molar-refractivity contribution is 0.393. The molecule has 1 aromatic heterocycles. The fourth-order valence-electron chi connectivity index (χ4n) is 1.81. The molecule has 96 valence electrons. The first kappa shape index (κ1) is 12.6. The number of aromatic nitrogens is 1. The number of benzene rings is 1. The third-order valence-corrected chi connectivity index (χ3v) is 3.12. The summed E-state index contributed by atoms with van der Waals surface area (Å²) in [6.45, 7) is 3.71. The monoisotopic (exact) mass is 266 g/mol. The molecule has 0 atom stereocenters. The number of rotatable bonds is 3. The smallest absolute Gasteiger partial charge is 0.229 e. The van der Waals surface area contributed by atoms with Crippen molar-refractivity contribution in [2.45, 2.75) is 13.8 Å². The first-order valence-corrected chi connectivity index (χ1v) is 7.27. The fourth-order valence-corrected chi connectivity index (χ4v) is 2.38. The molecule has 6 heteroatoms. The molecular weight excluding hydrogens is 252 g/mol. The number of anilines is 1. The van der Waals surface area contributed by atoms with Crippen LogP contribution in [0.1, 0.15) is 11.5 Å². The van der Waals surface area contributed by atoms with E-state index < -0.39 is 10.0 Å². The summed E-state index contributed by atoms with van der Waals surface area (Å²) in [4.78, 5) is 0. The summed E-state index contributed by atoms with van der Waals surface area (Å²) in [5.74, 6) is 0.747. The van der Waals surface area contributed by atoms with Crippen LogP contribution in [0, 0.1) is 13.8 Å². The Hall–Kier alpha value is -1.82. The maximum absolute atomic E-state index is 11.1. The van der Waals surface area contributed by atoms with Gasteiger partial charge in [-0.2, -0.15) is 0 Å². The van der Waals surface area contributed by atoms with Crippen molar-refractivity contribution >= 4 is 15.7 Å². The zero-order chi connectivity index (χ0) is 13.3. The molecule has 0 bridgehead atoms. The summed E-state index contributed by atoms with van der Waals surface area (Å²) >= 11 is 0. The lowest BCUT2D eigenvalue weighted by atomic mass is 10.0. The van der Waals surface area contributed by atoms with Gasteiger partial charge < -0.3 is 4.52 Å². The van der Waals surface area contributed by atoms with Gasteiger partial charge in [0.25, 0.3) is 0 Å². The van der Waals surface area contributed by atoms with Crippen molar-refractivity contribution in [1.82, 2.24) is 5.16 Å². The van der Waals surface area contributed by atoms with Crippen LogP contribution in [0.15, 0.2) is 28.8 Å². The quantitative estimate of drug-likeness (QED) is 0.925. The average Bonchev–Trinajstić information content (AvgIpc) is 2.58. The first-order chi connectivity index (χ1) is 8.37. The van der Waals surface area contributed by atoms with Gasteiger partial charge in [0.2, 0.25) is 10.0 Å². The second-order valence-electron chi connectivity index (χ2n) is 4.15. The van der Waals surface area contributed by atoms with Crippen molar-refractivity contribution in [3.8, 4) is 11.1 Å². The van der Waals surface area contributed by atoms with Crippen LogP contribution in [-0.4, -0.2) is 19.8 Å². The average molecular weight is 266 g/mol. The summed E-state index contributed by atoms with van der Waals surface area (Å²) in [7, 11) is -3.24. The van der Waals surface area contributed by atoms with Crippen LogP contribution < -0.4 is 4.72 Å². The highest BCUT2D eigenvalue weighted by atomic mass is 32.2. The molecule has 18 heavy (non-hydrogen) atoms. The molecular formula is C12H14N2O3S. The Kier molecular flexibility index (Phi) is 3.13. The molecule has 1 aromatic carbocycles.